The Hall–Kier alpha value is -2.60. The van der Waals surface area contributed by atoms with Gasteiger partial charge in [-0.3, -0.25) is 4.79 Å². The topological polar surface area (TPSA) is 79.8 Å². The first kappa shape index (κ1) is 22.2. The number of aromatic nitrogens is 3. The van der Waals surface area contributed by atoms with Crippen LogP contribution in [0.15, 0.2) is 29.2 Å². The molecule has 12 heteroatoms. The van der Waals surface area contributed by atoms with Crippen LogP contribution >= 0.6 is 0 Å². The number of alkyl halides is 4. The van der Waals surface area contributed by atoms with E-state index in [1.165, 1.54) is 0 Å². The summed E-state index contributed by atoms with van der Waals surface area (Å²) in [5.41, 5.74) is -2.76. The van der Waals surface area contributed by atoms with Crippen molar-refractivity contribution in [2.75, 3.05) is 0 Å². The number of halogens is 5. The van der Waals surface area contributed by atoms with Gasteiger partial charge >= 0.3 is 6.18 Å². The molecule has 6 nitrogen and oxygen atoms in total. The molecular weight excluding hydrogens is 467 g/mol. The van der Waals surface area contributed by atoms with E-state index in [0.29, 0.717) is 10.9 Å². The van der Waals surface area contributed by atoms with Gasteiger partial charge in [0, 0.05) is 41.0 Å². The number of fused-ring (bicyclic) bond motifs is 1. The lowest BCUT2D eigenvalue weighted by Gasteiger charge is -2.31. The second kappa shape index (κ2) is 8.01. The first-order chi connectivity index (χ1) is 15.6. The van der Waals surface area contributed by atoms with Crippen LogP contribution in [0.4, 0.5) is 22.0 Å². The van der Waals surface area contributed by atoms with Crippen molar-refractivity contribution < 1.29 is 26.2 Å². The number of H-pyrrole nitrogens is 1. The molecule has 3 aromatic rings. The molecule has 33 heavy (non-hydrogen) atoms. The smallest absolute Gasteiger partial charge is 0.329 e. The van der Waals surface area contributed by atoms with Crippen LogP contribution in [0, 0.1) is 5.82 Å². The van der Waals surface area contributed by atoms with Crippen molar-refractivity contribution in [1.82, 2.24) is 19.3 Å². The highest BCUT2D eigenvalue weighted by Gasteiger charge is 2.37. The third kappa shape index (κ3) is 4.21. The number of aromatic amines is 1. The highest BCUT2D eigenvalue weighted by atomic mass is 32.2. The Balaban J connectivity index is 1.62. The van der Waals surface area contributed by atoms with Gasteiger partial charge in [-0.05, 0) is 43.4 Å². The summed E-state index contributed by atoms with van der Waals surface area (Å²) in [5.74, 6) is -1.00. The summed E-state index contributed by atoms with van der Waals surface area (Å²) >= 11 is 0. The van der Waals surface area contributed by atoms with E-state index in [1.54, 1.807) is 15.7 Å². The Morgan fingerprint density at radius 2 is 1.97 bits per heavy atom. The Kier molecular flexibility index (Phi) is 5.39. The van der Waals surface area contributed by atoms with Crippen LogP contribution in [0.5, 0.6) is 0 Å². The van der Waals surface area contributed by atoms with Crippen LogP contribution in [0.2, 0.25) is 0 Å². The SMILES string of the molecule is O=c1ccc(-c2nc3c(cc2F)c(CNS(=O)C2CC2)cn3C2CC(F)C2)c(C(F)(F)F)[nH]1. The molecule has 2 fully saturated rings. The minimum Gasteiger partial charge on any atom is -0.329 e. The van der Waals surface area contributed by atoms with Crippen LogP contribution in [0.1, 0.15) is 43.0 Å². The fraction of sp³-hybridized carbons (Fsp3) is 0.429. The van der Waals surface area contributed by atoms with Gasteiger partial charge < -0.3 is 9.55 Å². The van der Waals surface area contributed by atoms with E-state index in [1.807, 2.05) is 0 Å². The zero-order chi connectivity index (χ0) is 23.5. The summed E-state index contributed by atoms with van der Waals surface area (Å²) in [6.07, 6.45) is -2.11. The van der Waals surface area contributed by atoms with E-state index in [4.69, 9.17) is 0 Å². The molecule has 3 heterocycles. The molecule has 1 unspecified atom stereocenters. The summed E-state index contributed by atoms with van der Waals surface area (Å²) in [5, 5.41) is 0.427. The van der Waals surface area contributed by atoms with Gasteiger partial charge in [-0.25, -0.2) is 22.7 Å². The van der Waals surface area contributed by atoms with Crippen molar-refractivity contribution in [3.05, 3.63) is 51.8 Å². The number of pyridine rings is 2. The lowest BCUT2D eigenvalue weighted by molar-refractivity contribution is -0.140. The molecule has 2 aliphatic rings. The zero-order valence-electron chi connectivity index (χ0n) is 17.1. The molecule has 176 valence electrons. The number of hydrogen-bond acceptors (Lipinski definition) is 3. The first-order valence-electron chi connectivity index (χ1n) is 10.4. The Bertz CT molecular complexity index is 1310. The molecule has 0 spiro atoms. The summed E-state index contributed by atoms with van der Waals surface area (Å²) in [4.78, 5) is 17.4. The molecule has 0 saturated heterocycles. The highest BCUT2D eigenvalue weighted by Crippen LogP contribution is 2.40. The van der Waals surface area contributed by atoms with E-state index in [2.05, 4.69) is 9.71 Å². The number of rotatable bonds is 6. The van der Waals surface area contributed by atoms with E-state index in [9.17, 15) is 26.6 Å². The second-order valence-electron chi connectivity index (χ2n) is 8.40. The monoisotopic (exact) mass is 486 g/mol. The van der Waals surface area contributed by atoms with Gasteiger partial charge in [0.15, 0.2) is 0 Å². The first-order valence-corrected chi connectivity index (χ1v) is 11.6. The maximum absolute atomic E-state index is 15.1. The molecule has 2 aliphatic carbocycles. The van der Waals surface area contributed by atoms with E-state index >= 15 is 4.39 Å². The van der Waals surface area contributed by atoms with Gasteiger partial charge in [0.2, 0.25) is 5.56 Å². The maximum Gasteiger partial charge on any atom is 0.432 e. The number of nitrogens with zero attached hydrogens (tertiary/aromatic N) is 2. The molecule has 3 aromatic heterocycles. The summed E-state index contributed by atoms with van der Waals surface area (Å²) in [6.45, 7) is 0.144. The normalized spacial score (nSPS) is 21.8. The number of hydrogen-bond donors (Lipinski definition) is 2. The molecule has 5 rings (SSSR count). The van der Waals surface area contributed by atoms with Crippen LogP contribution in [0.25, 0.3) is 22.3 Å². The van der Waals surface area contributed by atoms with Gasteiger partial charge in [-0.1, -0.05) is 0 Å². The molecule has 0 radical (unpaired) electrons. The summed E-state index contributed by atoms with van der Waals surface area (Å²) < 4.78 is 85.9. The molecule has 1 atom stereocenters. The number of nitrogens with one attached hydrogen (secondary N) is 2. The van der Waals surface area contributed by atoms with Crippen LogP contribution < -0.4 is 10.3 Å². The van der Waals surface area contributed by atoms with Crippen molar-refractivity contribution >= 4 is 22.0 Å². The fourth-order valence-electron chi connectivity index (χ4n) is 4.01. The van der Waals surface area contributed by atoms with E-state index in [0.717, 1.165) is 31.0 Å². The fourth-order valence-corrected chi connectivity index (χ4v) is 5.11. The minimum atomic E-state index is -4.93. The van der Waals surface area contributed by atoms with Crippen LogP contribution in [-0.2, 0) is 23.7 Å². The lowest BCUT2D eigenvalue weighted by Crippen LogP contribution is -2.27. The van der Waals surface area contributed by atoms with Crippen molar-refractivity contribution in [1.29, 1.82) is 0 Å². The molecule has 0 aliphatic heterocycles. The van der Waals surface area contributed by atoms with Crippen LogP contribution in [0.3, 0.4) is 0 Å². The summed E-state index contributed by atoms with van der Waals surface area (Å²) in [7, 11) is -1.25. The summed E-state index contributed by atoms with van der Waals surface area (Å²) in [6, 6.07) is 2.57. The predicted molar refractivity (Wildman–Crippen MR) is 112 cm³/mol. The van der Waals surface area contributed by atoms with Crippen molar-refractivity contribution in [2.24, 2.45) is 0 Å². The zero-order valence-corrected chi connectivity index (χ0v) is 17.9. The van der Waals surface area contributed by atoms with Crippen LogP contribution in [-0.4, -0.2) is 30.2 Å². The third-order valence-corrected chi connectivity index (χ3v) is 7.49. The molecule has 0 aromatic carbocycles. The van der Waals surface area contributed by atoms with Crippen molar-refractivity contribution in [2.45, 2.75) is 55.9 Å². The van der Waals surface area contributed by atoms with Gasteiger partial charge in [-0.15, -0.1) is 0 Å². The maximum atomic E-state index is 15.1. The third-order valence-electron chi connectivity index (χ3n) is 5.98. The van der Waals surface area contributed by atoms with Crippen molar-refractivity contribution in [3.63, 3.8) is 0 Å². The molecule has 0 amide bonds. The van der Waals surface area contributed by atoms with E-state index in [-0.39, 0.29) is 36.3 Å². The minimum absolute atomic E-state index is 0.0831. The Morgan fingerprint density at radius 3 is 2.61 bits per heavy atom. The van der Waals surface area contributed by atoms with Gasteiger partial charge in [0.25, 0.3) is 0 Å². The quantitative estimate of drug-likeness (QED) is 0.514. The van der Waals surface area contributed by atoms with Gasteiger partial charge in [0.1, 0.15) is 29.0 Å². The predicted octanol–water partition coefficient (Wildman–Crippen LogP) is 4.14. The second-order valence-corrected chi connectivity index (χ2v) is 9.95. The molecular formula is C21H19F5N4O2S. The largest absolute Gasteiger partial charge is 0.432 e. The van der Waals surface area contributed by atoms with Gasteiger partial charge in [0.05, 0.1) is 11.0 Å². The van der Waals surface area contributed by atoms with Gasteiger partial charge in [-0.2, -0.15) is 13.2 Å². The van der Waals surface area contributed by atoms with E-state index < -0.39 is 51.7 Å². The Labute approximate surface area is 186 Å². The molecule has 2 saturated carbocycles. The molecule has 0 bridgehead atoms. The van der Waals surface area contributed by atoms with Crippen molar-refractivity contribution in [3.8, 4) is 11.3 Å². The molecule has 2 N–H and O–H groups in total. The average Bonchev–Trinajstić information content (AvgIpc) is 3.52. The highest BCUT2D eigenvalue weighted by molar-refractivity contribution is 7.83. The lowest BCUT2D eigenvalue weighted by atomic mass is 9.90. The standard InChI is InChI=1S/C21H19F5N4O2S/c22-11-5-12(6-11)30-9-10(8-27-33(32)13-1-2-13)15-7-16(23)18(29-20(15)30)14-3-4-17(31)28-19(14)21(24,25)26/h3-4,7,9,11-13,27H,1-2,5-6,8H2,(H,28,31). The average molecular weight is 486 g/mol. The Morgan fingerprint density at radius 1 is 1.24 bits per heavy atom.